The van der Waals surface area contributed by atoms with E-state index < -0.39 is 36.2 Å². The molecule has 0 saturated heterocycles. The highest BCUT2D eigenvalue weighted by molar-refractivity contribution is 5.65. The van der Waals surface area contributed by atoms with Gasteiger partial charge in [0.15, 0.2) is 5.60 Å². The van der Waals surface area contributed by atoms with Crippen LogP contribution in [-0.4, -0.2) is 49.8 Å². The van der Waals surface area contributed by atoms with E-state index in [0.29, 0.717) is 17.8 Å². The molecule has 1 N–H and O–H groups in total. The number of benzene rings is 2. The number of methoxy groups -OCH3 is 1. The maximum absolute atomic E-state index is 14.0. The molecule has 2 rings (SSSR count). The summed E-state index contributed by atoms with van der Waals surface area (Å²) in [6, 6.07) is 7.45. The Labute approximate surface area is 178 Å². The average Bonchev–Trinajstić information content (AvgIpc) is 2.72. The summed E-state index contributed by atoms with van der Waals surface area (Å²) in [5.41, 5.74) is -2.77. The first-order chi connectivity index (χ1) is 14.5. The number of rotatable bonds is 9. The van der Waals surface area contributed by atoms with Gasteiger partial charge in [-0.1, -0.05) is 0 Å². The molecule has 0 bridgehead atoms. The topological polar surface area (TPSA) is 54.3 Å². The minimum atomic E-state index is -4.99. The van der Waals surface area contributed by atoms with Crippen molar-refractivity contribution in [1.82, 2.24) is 4.90 Å². The van der Waals surface area contributed by atoms with E-state index in [4.69, 9.17) is 9.47 Å². The molecule has 0 heterocycles. The summed E-state index contributed by atoms with van der Waals surface area (Å²) in [5, 5.41) is 10.7. The Bertz CT molecular complexity index is 901. The minimum absolute atomic E-state index is 0.140. The van der Waals surface area contributed by atoms with E-state index in [-0.39, 0.29) is 11.5 Å². The highest BCUT2D eigenvalue weighted by Crippen LogP contribution is 2.46. The first-order valence-corrected chi connectivity index (χ1v) is 9.62. The number of aliphatic hydroxyl groups is 1. The number of halogens is 4. The largest absolute Gasteiger partial charge is 0.496 e. The lowest BCUT2D eigenvalue weighted by atomic mass is 9.87. The third kappa shape index (κ3) is 5.88. The zero-order valence-corrected chi connectivity index (χ0v) is 17.8. The zero-order valence-electron chi connectivity index (χ0n) is 17.8. The first-order valence-electron chi connectivity index (χ1n) is 9.62. The summed E-state index contributed by atoms with van der Waals surface area (Å²) < 4.78 is 65.3. The summed E-state index contributed by atoms with van der Waals surface area (Å²) >= 11 is 0. The van der Waals surface area contributed by atoms with Gasteiger partial charge < -0.3 is 19.5 Å². The third-order valence-electron chi connectivity index (χ3n) is 4.87. The number of nitrogens with zero attached hydrogens (tertiary/aromatic N) is 2. The van der Waals surface area contributed by atoms with Crippen LogP contribution in [0.5, 0.6) is 11.5 Å². The molecule has 0 amide bonds. The monoisotopic (exact) mass is 442 g/mol. The lowest BCUT2D eigenvalue weighted by Crippen LogP contribution is -2.43. The second-order valence-electron chi connectivity index (χ2n) is 7.07. The second-order valence-corrected chi connectivity index (χ2v) is 7.07. The van der Waals surface area contributed by atoms with Gasteiger partial charge in [0.2, 0.25) is 0 Å². The Balaban J connectivity index is 2.36. The molecule has 0 aliphatic carbocycles. The molecule has 0 aliphatic rings. The predicted octanol–water partition coefficient (Wildman–Crippen LogP) is 4.97. The van der Waals surface area contributed by atoms with Gasteiger partial charge in [-0.05, 0) is 49.7 Å². The van der Waals surface area contributed by atoms with Crippen LogP contribution in [0.2, 0.25) is 0 Å². The average molecular weight is 442 g/mol. The smallest absolute Gasteiger partial charge is 0.421 e. The molecular weight excluding hydrogens is 416 g/mol. The number of aliphatic imine (C=N–C) groups is 1. The molecule has 0 spiro atoms. The Hall–Kier alpha value is -2.81. The minimum Gasteiger partial charge on any atom is -0.496 e. The molecule has 0 saturated carbocycles. The van der Waals surface area contributed by atoms with Crippen LogP contribution in [0.4, 0.5) is 23.2 Å². The Morgan fingerprint density at radius 2 is 1.81 bits per heavy atom. The van der Waals surface area contributed by atoms with Crippen LogP contribution in [0.1, 0.15) is 24.5 Å². The lowest BCUT2D eigenvalue weighted by Gasteiger charge is -2.32. The van der Waals surface area contributed by atoms with Gasteiger partial charge in [0.05, 0.1) is 25.7 Å². The van der Waals surface area contributed by atoms with Crippen LogP contribution < -0.4 is 9.47 Å². The summed E-state index contributed by atoms with van der Waals surface area (Å²) in [4.78, 5) is 6.09. The van der Waals surface area contributed by atoms with E-state index in [0.717, 1.165) is 12.1 Å². The van der Waals surface area contributed by atoms with Crippen LogP contribution in [0.3, 0.4) is 0 Å². The van der Waals surface area contributed by atoms with E-state index in [2.05, 4.69) is 4.99 Å². The van der Waals surface area contributed by atoms with Crippen molar-refractivity contribution in [2.24, 2.45) is 4.99 Å². The van der Waals surface area contributed by atoms with Crippen LogP contribution >= 0.6 is 0 Å². The van der Waals surface area contributed by atoms with Crippen LogP contribution in [0, 0.1) is 12.7 Å². The first kappa shape index (κ1) is 24.5. The van der Waals surface area contributed by atoms with Gasteiger partial charge in [0.1, 0.15) is 17.3 Å². The van der Waals surface area contributed by atoms with Crippen LogP contribution in [0.25, 0.3) is 0 Å². The Morgan fingerprint density at radius 1 is 1.16 bits per heavy atom. The molecule has 2 aromatic carbocycles. The summed E-state index contributed by atoms with van der Waals surface area (Å²) in [6.45, 7) is 3.79. The van der Waals surface area contributed by atoms with Crippen molar-refractivity contribution >= 4 is 12.0 Å². The molecule has 0 aromatic heterocycles. The van der Waals surface area contributed by atoms with E-state index in [1.54, 1.807) is 18.2 Å². The van der Waals surface area contributed by atoms with Gasteiger partial charge in [-0.3, -0.25) is 0 Å². The second kappa shape index (κ2) is 10.00. The molecule has 0 radical (unpaired) electrons. The predicted molar refractivity (Wildman–Crippen MR) is 111 cm³/mol. The van der Waals surface area contributed by atoms with Crippen molar-refractivity contribution in [3.8, 4) is 11.5 Å². The number of hydrogen-bond donors (Lipinski definition) is 1. The summed E-state index contributed by atoms with van der Waals surface area (Å²) in [5.74, 6) is -0.440. The molecule has 170 valence electrons. The van der Waals surface area contributed by atoms with Crippen molar-refractivity contribution in [2.45, 2.75) is 32.0 Å². The summed E-state index contributed by atoms with van der Waals surface area (Å²) in [6.07, 6.45) is -4.22. The fraction of sp³-hybridized carbons (Fsp3) is 0.409. The van der Waals surface area contributed by atoms with Crippen molar-refractivity contribution in [2.75, 3.05) is 27.3 Å². The quantitative estimate of drug-likeness (QED) is 0.338. The van der Waals surface area contributed by atoms with Crippen molar-refractivity contribution in [3.05, 3.63) is 53.3 Å². The molecule has 0 fully saturated rings. The van der Waals surface area contributed by atoms with Crippen molar-refractivity contribution in [1.29, 1.82) is 0 Å². The molecule has 31 heavy (non-hydrogen) atoms. The fourth-order valence-electron chi connectivity index (χ4n) is 2.83. The molecule has 5 nitrogen and oxygen atoms in total. The van der Waals surface area contributed by atoms with Gasteiger partial charge in [-0.15, -0.1) is 0 Å². The zero-order chi connectivity index (χ0) is 23.2. The highest BCUT2D eigenvalue weighted by Gasteiger charge is 2.56. The van der Waals surface area contributed by atoms with Crippen molar-refractivity contribution in [3.63, 3.8) is 0 Å². The maximum atomic E-state index is 14.0. The molecule has 1 atom stereocenters. The van der Waals surface area contributed by atoms with Crippen LogP contribution in [0.15, 0.2) is 41.4 Å². The lowest BCUT2D eigenvalue weighted by molar-refractivity contribution is -0.271. The van der Waals surface area contributed by atoms with E-state index in [1.165, 1.54) is 31.4 Å². The maximum Gasteiger partial charge on any atom is 0.421 e. The number of alkyl halides is 3. The number of hydrogen-bond acceptors (Lipinski definition) is 4. The third-order valence-corrected chi connectivity index (χ3v) is 4.87. The fourth-order valence-corrected chi connectivity index (χ4v) is 2.83. The van der Waals surface area contributed by atoms with Crippen molar-refractivity contribution < 1.29 is 32.1 Å². The van der Waals surface area contributed by atoms with Gasteiger partial charge in [-0.25, -0.2) is 9.38 Å². The van der Waals surface area contributed by atoms with Gasteiger partial charge in [-0.2, -0.15) is 13.2 Å². The normalized spacial score (nSPS) is 13.8. The molecule has 0 aliphatic heterocycles. The number of aryl methyl sites for hydroxylation is 1. The molecule has 1 unspecified atom stereocenters. The number of ether oxygens (including phenoxy) is 2. The van der Waals surface area contributed by atoms with Gasteiger partial charge in [0, 0.05) is 31.6 Å². The summed E-state index contributed by atoms with van der Waals surface area (Å²) in [7, 11) is 3.04. The van der Waals surface area contributed by atoms with Gasteiger partial charge >= 0.3 is 6.18 Å². The standard InChI is InChI=1S/C22H26F4N2O3/c1-5-28(3)14-27-19-13-20(30-4)18(12-15(19)2)21(29,22(24,25)26)10-11-31-17-8-6-16(23)7-9-17/h6-9,12-14,29H,5,10-11H2,1-4H3/b27-14+. The highest BCUT2D eigenvalue weighted by atomic mass is 19.4. The molecular formula is C22H26F4N2O3. The van der Waals surface area contributed by atoms with Gasteiger partial charge in [0.25, 0.3) is 0 Å². The van der Waals surface area contributed by atoms with E-state index in [1.807, 2.05) is 14.0 Å². The Morgan fingerprint density at radius 3 is 2.35 bits per heavy atom. The molecule has 2 aromatic rings. The van der Waals surface area contributed by atoms with E-state index >= 15 is 0 Å². The molecule has 9 heteroatoms. The SMILES string of the molecule is CCN(C)/C=N/c1cc(OC)c(C(O)(CCOc2ccc(F)cc2)C(F)(F)F)cc1C. The van der Waals surface area contributed by atoms with E-state index in [9.17, 15) is 22.7 Å². The van der Waals surface area contributed by atoms with Crippen LogP contribution in [-0.2, 0) is 5.60 Å². The Kier molecular flexibility index (Phi) is 7.89.